The highest BCUT2D eigenvalue weighted by atomic mass is 32.2. The Bertz CT molecular complexity index is 667. The van der Waals surface area contributed by atoms with Gasteiger partial charge in [0.2, 0.25) is 10.0 Å². The molecular weight excluding hydrogens is 262 g/mol. The monoisotopic (exact) mass is 277 g/mol. The van der Waals surface area contributed by atoms with Crippen LogP contribution in [0, 0.1) is 6.92 Å². The summed E-state index contributed by atoms with van der Waals surface area (Å²) in [4.78, 5) is 4.27. The number of hydrogen-bond acceptors (Lipinski definition) is 4. The predicted octanol–water partition coefficient (Wildman–Crippen LogP) is 1.65. The number of aryl methyl sites for hydroxylation is 1. The number of pyridine rings is 1. The lowest BCUT2D eigenvalue weighted by molar-refractivity contribution is 0.598. The van der Waals surface area contributed by atoms with Crippen molar-refractivity contribution in [1.82, 2.24) is 4.98 Å². The van der Waals surface area contributed by atoms with Crippen LogP contribution in [0.1, 0.15) is 11.3 Å². The Morgan fingerprint density at radius 1 is 1.21 bits per heavy atom. The standard InChI is InChI=1S/C13H15N3O2S/c1-10-6-7-11(8-15-10)9-16-12-4-2-3-5-13(12)19(14,17)18/h2-8,16H,9H2,1H3,(H2,14,17,18). The Hall–Kier alpha value is -1.92. The second-order valence-corrected chi connectivity index (χ2v) is 5.73. The first-order chi connectivity index (χ1) is 8.97. The minimum atomic E-state index is -3.72. The molecule has 100 valence electrons. The van der Waals surface area contributed by atoms with E-state index in [0.29, 0.717) is 12.2 Å². The van der Waals surface area contributed by atoms with Gasteiger partial charge in [0.15, 0.2) is 0 Å². The van der Waals surface area contributed by atoms with Crippen molar-refractivity contribution >= 4 is 15.7 Å². The fourth-order valence-corrected chi connectivity index (χ4v) is 2.38. The van der Waals surface area contributed by atoms with Crippen molar-refractivity contribution in [3.8, 4) is 0 Å². The molecule has 0 radical (unpaired) electrons. The number of nitrogens with two attached hydrogens (primary N) is 1. The smallest absolute Gasteiger partial charge is 0.240 e. The van der Waals surface area contributed by atoms with E-state index in [2.05, 4.69) is 10.3 Å². The van der Waals surface area contributed by atoms with E-state index in [-0.39, 0.29) is 4.90 Å². The number of sulfonamides is 1. The number of primary sulfonamides is 1. The lowest BCUT2D eigenvalue weighted by Crippen LogP contribution is -2.15. The maximum Gasteiger partial charge on any atom is 0.240 e. The molecule has 3 N–H and O–H groups in total. The Morgan fingerprint density at radius 3 is 2.58 bits per heavy atom. The van der Waals surface area contributed by atoms with Gasteiger partial charge in [-0.3, -0.25) is 4.98 Å². The number of aromatic nitrogens is 1. The summed E-state index contributed by atoms with van der Waals surface area (Å²) in [5, 5.41) is 8.22. The summed E-state index contributed by atoms with van der Waals surface area (Å²) in [5.74, 6) is 0. The Balaban J connectivity index is 2.18. The zero-order valence-electron chi connectivity index (χ0n) is 10.5. The van der Waals surface area contributed by atoms with E-state index in [4.69, 9.17) is 5.14 Å². The summed E-state index contributed by atoms with van der Waals surface area (Å²) in [6.45, 7) is 2.40. The predicted molar refractivity (Wildman–Crippen MR) is 74.1 cm³/mol. The first-order valence-corrected chi connectivity index (χ1v) is 7.29. The average Bonchev–Trinajstić information content (AvgIpc) is 2.37. The molecule has 5 nitrogen and oxygen atoms in total. The number of benzene rings is 1. The van der Waals surface area contributed by atoms with Gasteiger partial charge in [0.05, 0.1) is 5.69 Å². The van der Waals surface area contributed by atoms with Gasteiger partial charge in [0.1, 0.15) is 4.90 Å². The third-order valence-corrected chi connectivity index (χ3v) is 3.62. The maximum atomic E-state index is 11.4. The van der Waals surface area contributed by atoms with E-state index in [1.165, 1.54) is 6.07 Å². The topological polar surface area (TPSA) is 85.1 Å². The molecule has 0 fully saturated rings. The Kier molecular flexibility index (Phi) is 3.82. The molecule has 19 heavy (non-hydrogen) atoms. The highest BCUT2D eigenvalue weighted by Gasteiger charge is 2.12. The molecule has 0 aliphatic heterocycles. The van der Waals surface area contributed by atoms with Crippen LogP contribution in [0.2, 0.25) is 0 Å². The molecule has 0 bridgehead atoms. The fraction of sp³-hybridized carbons (Fsp3) is 0.154. The van der Waals surface area contributed by atoms with E-state index in [1.807, 2.05) is 19.1 Å². The van der Waals surface area contributed by atoms with Gasteiger partial charge in [-0.15, -0.1) is 0 Å². The number of nitrogens with zero attached hydrogens (tertiary/aromatic N) is 1. The zero-order chi connectivity index (χ0) is 13.9. The lowest BCUT2D eigenvalue weighted by Gasteiger charge is -2.10. The van der Waals surface area contributed by atoms with Crippen molar-refractivity contribution < 1.29 is 8.42 Å². The molecule has 1 aromatic heterocycles. The maximum absolute atomic E-state index is 11.4. The largest absolute Gasteiger partial charge is 0.380 e. The molecule has 0 saturated heterocycles. The van der Waals surface area contributed by atoms with Gasteiger partial charge in [-0.25, -0.2) is 13.6 Å². The normalized spacial score (nSPS) is 11.3. The van der Waals surface area contributed by atoms with Gasteiger partial charge in [-0.2, -0.15) is 0 Å². The molecule has 0 unspecified atom stereocenters. The molecule has 0 atom stereocenters. The van der Waals surface area contributed by atoms with Crippen LogP contribution in [-0.2, 0) is 16.6 Å². The first-order valence-electron chi connectivity index (χ1n) is 5.74. The molecule has 0 aliphatic rings. The van der Waals surface area contributed by atoms with Crippen LogP contribution in [-0.4, -0.2) is 13.4 Å². The zero-order valence-corrected chi connectivity index (χ0v) is 11.3. The first kappa shape index (κ1) is 13.5. The average molecular weight is 277 g/mol. The van der Waals surface area contributed by atoms with Gasteiger partial charge < -0.3 is 5.32 Å². The molecule has 2 rings (SSSR count). The summed E-state index contributed by atoms with van der Waals surface area (Å²) in [7, 11) is -3.72. The highest BCUT2D eigenvalue weighted by molar-refractivity contribution is 7.89. The lowest BCUT2D eigenvalue weighted by atomic mass is 10.2. The number of rotatable bonds is 4. The minimum absolute atomic E-state index is 0.0927. The summed E-state index contributed by atoms with van der Waals surface area (Å²) in [6, 6.07) is 10.4. The van der Waals surface area contributed by atoms with Crippen LogP contribution in [0.25, 0.3) is 0 Å². The molecule has 0 aliphatic carbocycles. The van der Waals surface area contributed by atoms with Crippen LogP contribution in [0.15, 0.2) is 47.5 Å². The van der Waals surface area contributed by atoms with Gasteiger partial charge >= 0.3 is 0 Å². The molecule has 1 heterocycles. The fourth-order valence-electron chi connectivity index (χ4n) is 1.66. The van der Waals surface area contributed by atoms with Crippen molar-refractivity contribution in [3.05, 3.63) is 53.9 Å². The molecule has 0 spiro atoms. The number of nitrogens with one attached hydrogen (secondary N) is 1. The molecular formula is C13H15N3O2S. The van der Waals surface area contributed by atoms with Crippen molar-refractivity contribution in [2.75, 3.05) is 5.32 Å². The summed E-state index contributed by atoms with van der Waals surface area (Å²) in [6.07, 6.45) is 1.75. The van der Waals surface area contributed by atoms with Crippen LogP contribution in [0.4, 0.5) is 5.69 Å². The van der Waals surface area contributed by atoms with E-state index >= 15 is 0 Å². The number of hydrogen-bond donors (Lipinski definition) is 2. The van der Waals surface area contributed by atoms with Crippen LogP contribution >= 0.6 is 0 Å². The third-order valence-electron chi connectivity index (χ3n) is 2.65. The van der Waals surface area contributed by atoms with Crippen LogP contribution in [0.5, 0.6) is 0 Å². The number of para-hydroxylation sites is 1. The SMILES string of the molecule is Cc1ccc(CNc2ccccc2S(N)(=O)=O)cn1. The summed E-state index contributed by atoms with van der Waals surface area (Å²) >= 11 is 0. The summed E-state index contributed by atoms with van der Waals surface area (Å²) < 4.78 is 22.9. The minimum Gasteiger partial charge on any atom is -0.380 e. The van der Waals surface area contributed by atoms with E-state index in [0.717, 1.165) is 11.3 Å². The van der Waals surface area contributed by atoms with Gasteiger partial charge in [-0.05, 0) is 30.7 Å². The Morgan fingerprint density at radius 2 is 1.95 bits per heavy atom. The van der Waals surface area contributed by atoms with Gasteiger partial charge in [0.25, 0.3) is 0 Å². The van der Waals surface area contributed by atoms with Crippen LogP contribution < -0.4 is 10.5 Å². The highest BCUT2D eigenvalue weighted by Crippen LogP contribution is 2.19. The second-order valence-electron chi connectivity index (χ2n) is 4.20. The van der Waals surface area contributed by atoms with E-state index < -0.39 is 10.0 Å². The van der Waals surface area contributed by atoms with Crippen molar-refractivity contribution in [2.45, 2.75) is 18.4 Å². The van der Waals surface area contributed by atoms with Crippen molar-refractivity contribution in [2.24, 2.45) is 5.14 Å². The molecule has 1 aromatic carbocycles. The molecule has 0 amide bonds. The van der Waals surface area contributed by atoms with E-state index in [1.54, 1.807) is 24.4 Å². The van der Waals surface area contributed by atoms with Crippen molar-refractivity contribution in [3.63, 3.8) is 0 Å². The Labute approximate surface area is 112 Å². The number of anilines is 1. The van der Waals surface area contributed by atoms with Crippen LogP contribution in [0.3, 0.4) is 0 Å². The summed E-state index contributed by atoms with van der Waals surface area (Å²) in [5.41, 5.74) is 2.40. The third kappa shape index (κ3) is 3.52. The van der Waals surface area contributed by atoms with Crippen molar-refractivity contribution in [1.29, 1.82) is 0 Å². The second kappa shape index (κ2) is 5.38. The quantitative estimate of drug-likeness (QED) is 0.889. The molecule has 0 saturated carbocycles. The van der Waals surface area contributed by atoms with E-state index in [9.17, 15) is 8.42 Å². The van der Waals surface area contributed by atoms with Gasteiger partial charge in [0, 0.05) is 18.4 Å². The molecule has 6 heteroatoms. The van der Waals surface area contributed by atoms with Gasteiger partial charge in [-0.1, -0.05) is 18.2 Å². The molecule has 2 aromatic rings.